The largest absolute Gasteiger partial charge is 0.336 e. The maximum atomic E-state index is 14.0. The fourth-order valence-electron chi connectivity index (χ4n) is 2.31. The van der Waals surface area contributed by atoms with Crippen molar-refractivity contribution in [3.05, 3.63) is 35.1 Å². The summed E-state index contributed by atoms with van der Waals surface area (Å²) in [5, 5.41) is 0. The molecular formula is C15H17FN2O. The lowest BCUT2D eigenvalue weighted by Crippen LogP contribution is -2.34. The number of carbonyl (C=O) groups excluding carboxylic acids is 1. The minimum absolute atomic E-state index is 0.118. The molecular weight excluding hydrogens is 243 g/mol. The van der Waals surface area contributed by atoms with Crippen molar-refractivity contribution in [2.24, 2.45) is 5.73 Å². The zero-order valence-electron chi connectivity index (χ0n) is 10.9. The van der Waals surface area contributed by atoms with Crippen LogP contribution >= 0.6 is 0 Å². The average Bonchev–Trinajstić information content (AvgIpc) is 2.82. The Bertz CT molecular complexity index is 545. The minimum Gasteiger partial charge on any atom is -0.336 e. The van der Waals surface area contributed by atoms with Crippen molar-refractivity contribution in [3.8, 4) is 11.8 Å². The lowest BCUT2D eigenvalue weighted by molar-refractivity contribution is 0.0743. The molecule has 1 unspecified atom stereocenters. The third kappa shape index (κ3) is 2.94. The van der Waals surface area contributed by atoms with Crippen molar-refractivity contribution < 1.29 is 9.18 Å². The number of carbonyl (C=O) groups is 1. The summed E-state index contributed by atoms with van der Waals surface area (Å²) in [6, 6.07) is 4.63. The summed E-state index contributed by atoms with van der Waals surface area (Å²) in [4.78, 5) is 14.0. The molecule has 3 nitrogen and oxygen atoms in total. The summed E-state index contributed by atoms with van der Waals surface area (Å²) in [5.74, 6) is 4.65. The van der Waals surface area contributed by atoms with E-state index in [1.165, 1.54) is 12.1 Å². The van der Waals surface area contributed by atoms with Crippen LogP contribution in [0.4, 0.5) is 4.39 Å². The summed E-state index contributed by atoms with van der Waals surface area (Å²) in [7, 11) is 0. The first kappa shape index (κ1) is 13.6. The Balaban J connectivity index is 2.23. The maximum Gasteiger partial charge on any atom is 0.257 e. The molecule has 19 heavy (non-hydrogen) atoms. The van der Waals surface area contributed by atoms with Gasteiger partial charge in [-0.15, -0.1) is 0 Å². The van der Waals surface area contributed by atoms with Crippen LogP contribution in [0.1, 0.15) is 35.7 Å². The highest BCUT2D eigenvalue weighted by Crippen LogP contribution is 2.21. The van der Waals surface area contributed by atoms with Crippen molar-refractivity contribution in [1.82, 2.24) is 4.90 Å². The maximum absolute atomic E-state index is 14.0. The van der Waals surface area contributed by atoms with Gasteiger partial charge in [0.15, 0.2) is 0 Å². The standard InChI is InChI=1S/C15H17FN2O/c1-11-4-3-9-18(11)15(19)13-7-6-12(5-2-8-17)10-14(13)16/h6-7,10-11H,3-4,8-9,17H2,1H3. The van der Waals surface area contributed by atoms with Crippen LogP contribution in [0.2, 0.25) is 0 Å². The van der Waals surface area contributed by atoms with Gasteiger partial charge >= 0.3 is 0 Å². The van der Waals surface area contributed by atoms with Crippen molar-refractivity contribution in [3.63, 3.8) is 0 Å². The predicted octanol–water partition coefficient (Wildman–Crippen LogP) is 1.76. The summed E-state index contributed by atoms with van der Waals surface area (Å²) < 4.78 is 14.0. The van der Waals surface area contributed by atoms with E-state index < -0.39 is 5.82 Å². The van der Waals surface area contributed by atoms with Gasteiger partial charge in [0.2, 0.25) is 0 Å². The molecule has 0 saturated carbocycles. The second-order valence-corrected chi connectivity index (χ2v) is 4.69. The van der Waals surface area contributed by atoms with Gasteiger partial charge in [0, 0.05) is 18.2 Å². The molecule has 1 fully saturated rings. The van der Waals surface area contributed by atoms with Crippen LogP contribution < -0.4 is 5.73 Å². The number of benzene rings is 1. The normalized spacial score (nSPS) is 18.1. The summed E-state index contributed by atoms with van der Waals surface area (Å²) in [6.45, 7) is 2.92. The topological polar surface area (TPSA) is 46.3 Å². The van der Waals surface area contributed by atoms with E-state index in [0.29, 0.717) is 12.1 Å². The molecule has 1 atom stereocenters. The molecule has 2 rings (SSSR count). The van der Waals surface area contributed by atoms with Gasteiger partial charge in [0.25, 0.3) is 5.91 Å². The minimum atomic E-state index is -0.520. The van der Waals surface area contributed by atoms with E-state index in [0.717, 1.165) is 12.8 Å². The Morgan fingerprint density at radius 1 is 1.58 bits per heavy atom. The van der Waals surface area contributed by atoms with Crippen molar-refractivity contribution >= 4 is 5.91 Å². The molecule has 2 N–H and O–H groups in total. The van der Waals surface area contributed by atoms with Crippen LogP contribution in [-0.4, -0.2) is 29.9 Å². The fourth-order valence-corrected chi connectivity index (χ4v) is 2.31. The monoisotopic (exact) mass is 260 g/mol. The lowest BCUT2D eigenvalue weighted by atomic mass is 10.1. The van der Waals surface area contributed by atoms with Gasteiger partial charge in [-0.05, 0) is 38.0 Å². The highest BCUT2D eigenvalue weighted by molar-refractivity contribution is 5.95. The van der Waals surface area contributed by atoms with Gasteiger partial charge in [-0.25, -0.2) is 4.39 Å². The second kappa shape index (κ2) is 5.85. The van der Waals surface area contributed by atoms with Gasteiger partial charge in [-0.1, -0.05) is 11.8 Å². The molecule has 0 aliphatic carbocycles. The van der Waals surface area contributed by atoms with Gasteiger partial charge in [-0.3, -0.25) is 4.79 Å². The number of nitrogens with zero attached hydrogens (tertiary/aromatic N) is 1. The van der Waals surface area contributed by atoms with Crippen LogP contribution in [-0.2, 0) is 0 Å². The number of hydrogen-bond acceptors (Lipinski definition) is 2. The molecule has 1 heterocycles. The number of hydrogen-bond donors (Lipinski definition) is 1. The first-order valence-corrected chi connectivity index (χ1v) is 6.43. The van der Waals surface area contributed by atoms with Crippen LogP contribution in [0.15, 0.2) is 18.2 Å². The van der Waals surface area contributed by atoms with Gasteiger partial charge in [0.1, 0.15) is 5.82 Å². The van der Waals surface area contributed by atoms with E-state index in [4.69, 9.17) is 5.73 Å². The smallest absolute Gasteiger partial charge is 0.257 e. The lowest BCUT2D eigenvalue weighted by Gasteiger charge is -2.21. The molecule has 0 bridgehead atoms. The first-order chi connectivity index (χ1) is 9.13. The average molecular weight is 260 g/mol. The van der Waals surface area contributed by atoms with Crippen molar-refractivity contribution in [2.75, 3.05) is 13.1 Å². The zero-order chi connectivity index (χ0) is 13.8. The Morgan fingerprint density at radius 2 is 2.37 bits per heavy atom. The number of nitrogens with two attached hydrogens (primary N) is 1. The van der Waals surface area contributed by atoms with E-state index in [9.17, 15) is 9.18 Å². The van der Waals surface area contributed by atoms with Crippen LogP contribution in [0.3, 0.4) is 0 Å². The number of halogens is 1. The molecule has 1 amide bonds. The third-order valence-electron chi connectivity index (χ3n) is 3.35. The van der Waals surface area contributed by atoms with E-state index in [1.807, 2.05) is 6.92 Å². The van der Waals surface area contributed by atoms with Crippen LogP contribution in [0.25, 0.3) is 0 Å². The second-order valence-electron chi connectivity index (χ2n) is 4.69. The highest BCUT2D eigenvalue weighted by Gasteiger charge is 2.27. The van der Waals surface area contributed by atoms with E-state index in [1.54, 1.807) is 11.0 Å². The highest BCUT2D eigenvalue weighted by atomic mass is 19.1. The molecule has 1 saturated heterocycles. The SMILES string of the molecule is CC1CCCN1C(=O)c1ccc(C#CCN)cc1F. The zero-order valence-corrected chi connectivity index (χ0v) is 10.9. The summed E-state index contributed by atoms with van der Waals surface area (Å²) in [5.41, 5.74) is 5.92. The summed E-state index contributed by atoms with van der Waals surface area (Å²) >= 11 is 0. The third-order valence-corrected chi connectivity index (χ3v) is 3.35. The predicted molar refractivity (Wildman–Crippen MR) is 72.1 cm³/mol. The van der Waals surface area contributed by atoms with Gasteiger partial charge in [-0.2, -0.15) is 0 Å². The molecule has 0 radical (unpaired) electrons. The van der Waals surface area contributed by atoms with Crippen molar-refractivity contribution in [1.29, 1.82) is 0 Å². The Labute approximate surface area is 112 Å². The van der Waals surface area contributed by atoms with E-state index in [-0.39, 0.29) is 24.1 Å². The fraction of sp³-hybridized carbons (Fsp3) is 0.400. The van der Waals surface area contributed by atoms with Gasteiger partial charge < -0.3 is 10.6 Å². The molecule has 1 aliphatic heterocycles. The quantitative estimate of drug-likeness (QED) is 0.782. The molecule has 1 aromatic carbocycles. The Morgan fingerprint density at radius 3 is 2.95 bits per heavy atom. The molecule has 1 aromatic rings. The Hall–Kier alpha value is -1.86. The molecule has 0 aromatic heterocycles. The number of likely N-dealkylation sites (tertiary alicyclic amines) is 1. The summed E-state index contributed by atoms with van der Waals surface area (Å²) in [6.07, 6.45) is 1.96. The molecule has 100 valence electrons. The number of rotatable bonds is 1. The Kier molecular flexibility index (Phi) is 4.18. The number of amides is 1. The van der Waals surface area contributed by atoms with Crippen molar-refractivity contribution in [2.45, 2.75) is 25.8 Å². The van der Waals surface area contributed by atoms with Crippen LogP contribution in [0.5, 0.6) is 0 Å². The molecule has 0 spiro atoms. The van der Waals surface area contributed by atoms with E-state index >= 15 is 0 Å². The van der Waals surface area contributed by atoms with Gasteiger partial charge in [0.05, 0.1) is 12.1 Å². The van der Waals surface area contributed by atoms with Crippen LogP contribution in [0, 0.1) is 17.7 Å². The first-order valence-electron chi connectivity index (χ1n) is 6.43. The van der Waals surface area contributed by atoms with E-state index in [2.05, 4.69) is 11.8 Å². The molecule has 4 heteroatoms. The molecule has 1 aliphatic rings.